The van der Waals surface area contributed by atoms with E-state index < -0.39 is 0 Å². The van der Waals surface area contributed by atoms with Crippen LogP contribution in [0.1, 0.15) is 30.0 Å². The number of fused-ring (bicyclic) bond motifs is 3. The molecule has 0 aliphatic heterocycles. The fraction of sp³-hybridized carbons (Fsp3) is 0.190. The van der Waals surface area contributed by atoms with E-state index in [2.05, 4.69) is 73.7 Å². The van der Waals surface area contributed by atoms with Crippen LogP contribution in [0.2, 0.25) is 0 Å². The molecule has 3 aromatic rings. The fourth-order valence-electron chi connectivity index (χ4n) is 2.87. The van der Waals surface area contributed by atoms with Gasteiger partial charge in [0.05, 0.1) is 0 Å². The molecular formula is C21H20Cl2Ti. The van der Waals surface area contributed by atoms with Gasteiger partial charge in [0.25, 0.3) is 0 Å². The minimum atomic E-state index is 0. The number of aryl methyl sites for hydroxylation is 1. The first-order chi connectivity index (χ1) is 10.4. The van der Waals surface area contributed by atoms with Crippen LogP contribution < -0.4 is 24.8 Å². The van der Waals surface area contributed by atoms with Gasteiger partial charge in [0.15, 0.2) is 0 Å². The van der Waals surface area contributed by atoms with E-state index in [0.717, 1.165) is 6.42 Å². The van der Waals surface area contributed by atoms with E-state index in [1.54, 1.807) is 0 Å². The molecule has 24 heavy (non-hydrogen) atoms. The van der Waals surface area contributed by atoms with Crippen LogP contribution in [0, 0.1) is 6.07 Å². The molecular weight excluding hydrogens is 371 g/mol. The summed E-state index contributed by atoms with van der Waals surface area (Å²) in [6.45, 7) is 2.20. The van der Waals surface area contributed by atoms with Gasteiger partial charge in [-0.05, 0) is 6.42 Å². The summed E-state index contributed by atoms with van der Waals surface area (Å²) in [6, 6.07) is 26.6. The Labute approximate surface area is 172 Å². The average Bonchev–Trinajstić information content (AvgIpc) is 3.15. The van der Waals surface area contributed by atoms with Gasteiger partial charge < -0.3 is 24.8 Å². The monoisotopic (exact) mass is 390 g/mol. The second-order valence-corrected chi connectivity index (χ2v) is 5.44. The molecule has 3 heteroatoms. The molecule has 0 atom stereocenters. The molecule has 0 saturated carbocycles. The molecule has 0 fully saturated rings. The minimum Gasteiger partial charge on any atom is -1.00 e. The van der Waals surface area contributed by atoms with E-state index >= 15 is 0 Å². The van der Waals surface area contributed by atoms with Gasteiger partial charge >= 0.3 is 21.7 Å². The van der Waals surface area contributed by atoms with Gasteiger partial charge in [0, 0.05) is 0 Å². The number of benzene rings is 2. The summed E-state index contributed by atoms with van der Waals surface area (Å²) < 4.78 is 0. The van der Waals surface area contributed by atoms with Crippen LogP contribution in [0.4, 0.5) is 0 Å². The Morgan fingerprint density at radius 2 is 1.58 bits per heavy atom. The summed E-state index contributed by atoms with van der Waals surface area (Å²) in [4.78, 5) is 0. The van der Waals surface area contributed by atoms with Gasteiger partial charge in [-0.15, -0.1) is 5.56 Å². The van der Waals surface area contributed by atoms with Gasteiger partial charge in [0.2, 0.25) is 0 Å². The first-order valence-corrected chi connectivity index (χ1v) is 7.67. The number of rotatable bonds is 2. The third-order valence-electron chi connectivity index (χ3n) is 3.89. The second kappa shape index (κ2) is 11.6. The number of halogens is 2. The number of hydrogen-bond acceptors (Lipinski definition) is 0. The summed E-state index contributed by atoms with van der Waals surface area (Å²) in [5.41, 5.74) is 6.98. The van der Waals surface area contributed by atoms with Crippen LogP contribution in [0.25, 0.3) is 11.1 Å². The van der Waals surface area contributed by atoms with Crippen LogP contribution in [0.15, 0.2) is 66.7 Å². The van der Waals surface area contributed by atoms with Crippen LogP contribution in [-0.4, -0.2) is 0 Å². The zero-order valence-electron chi connectivity index (χ0n) is 13.7. The molecule has 0 saturated heterocycles. The predicted octanol–water partition coefficient (Wildman–Crippen LogP) is -0.579. The molecule has 0 heterocycles. The Kier molecular flexibility index (Phi) is 11.2. The molecule has 0 amide bonds. The van der Waals surface area contributed by atoms with Crippen molar-refractivity contribution in [1.29, 1.82) is 0 Å². The van der Waals surface area contributed by atoms with Gasteiger partial charge in [-0.25, -0.2) is 12.1 Å². The Bertz CT molecular complexity index is 662. The minimum absolute atomic E-state index is 0. The van der Waals surface area contributed by atoms with Crippen molar-refractivity contribution in [1.82, 2.24) is 0 Å². The van der Waals surface area contributed by atoms with E-state index in [-0.39, 0.29) is 46.5 Å². The first-order valence-electron chi connectivity index (χ1n) is 7.67. The maximum Gasteiger partial charge on any atom is 4.00 e. The fourth-order valence-corrected chi connectivity index (χ4v) is 2.87. The third-order valence-corrected chi connectivity index (χ3v) is 3.89. The molecule has 0 N–H and O–H groups in total. The van der Waals surface area contributed by atoms with Crippen LogP contribution in [0.3, 0.4) is 0 Å². The van der Waals surface area contributed by atoms with Gasteiger partial charge in [-0.3, -0.25) is 0 Å². The molecule has 1 aliphatic rings. The smallest absolute Gasteiger partial charge is 1.00 e. The van der Waals surface area contributed by atoms with Crippen molar-refractivity contribution < 1.29 is 46.5 Å². The zero-order chi connectivity index (χ0) is 14.5. The van der Waals surface area contributed by atoms with Gasteiger partial charge in [0.1, 0.15) is 0 Å². The molecule has 0 unspecified atom stereocenters. The summed E-state index contributed by atoms with van der Waals surface area (Å²) in [5, 5.41) is 0. The van der Waals surface area contributed by atoms with Crippen molar-refractivity contribution in [2.45, 2.75) is 26.2 Å². The van der Waals surface area contributed by atoms with E-state index in [0.29, 0.717) is 0 Å². The van der Waals surface area contributed by atoms with Crippen molar-refractivity contribution in [2.24, 2.45) is 0 Å². The van der Waals surface area contributed by atoms with Crippen LogP contribution in [0.5, 0.6) is 0 Å². The molecule has 4 rings (SSSR count). The van der Waals surface area contributed by atoms with E-state index in [9.17, 15) is 0 Å². The number of hydrogen-bond donors (Lipinski definition) is 0. The Hall–Kier alpha value is -0.916. The molecule has 0 aromatic heterocycles. The van der Waals surface area contributed by atoms with Crippen LogP contribution >= 0.6 is 0 Å². The van der Waals surface area contributed by atoms with E-state index in [1.165, 1.54) is 40.7 Å². The van der Waals surface area contributed by atoms with Gasteiger partial charge in [-0.1, -0.05) is 55.2 Å². The largest absolute Gasteiger partial charge is 4.00 e. The second-order valence-electron chi connectivity index (χ2n) is 5.44. The predicted molar refractivity (Wildman–Crippen MR) is 89.6 cm³/mol. The van der Waals surface area contributed by atoms with Gasteiger partial charge in [-0.2, -0.15) is 47.5 Å². The molecule has 0 bridgehead atoms. The van der Waals surface area contributed by atoms with E-state index in [4.69, 9.17) is 0 Å². The van der Waals surface area contributed by atoms with E-state index in [1.807, 2.05) is 6.07 Å². The molecule has 1 aliphatic carbocycles. The molecule has 0 spiro atoms. The Morgan fingerprint density at radius 1 is 0.917 bits per heavy atom. The van der Waals surface area contributed by atoms with Crippen LogP contribution in [-0.2, 0) is 34.6 Å². The summed E-state index contributed by atoms with van der Waals surface area (Å²) in [7, 11) is 0. The SMILES string of the molecule is CCC[c-]1cccc1.[Cl-].[Cl-].[Ti+4].[c-]1cccc2c1Cc1ccccc1-2. The first kappa shape index (κ1) is 23.1. The average molecular weight is 391 g/mol. The summed E-state index contributed by atoms with van der Waals surface area (Å²) in [6.07, 6.45) is 3.53. The van der Waals surface area contributed by atoms with Crippen molar-refractivity contribution in [3.05, 3.63) is 89.5 Å². The Morgan fingerprint density at radius 3 is 2.29 bits per heavy atom. The third kappa shape index (κ3) is 5.57. The maximum atomic E-state index is 3.30. The maximum absolute atomic E-state index is 3.30. The molecule has 0 nitrogen and oxygen atoms in total. The molecule has 3 aromatic carbocycles. The standard InChI is InChI=1S/C13H9.C8H11.2ClH.Ti/c1-3-7-12-10(5-1)9-11-6-2-4-8-13(11)12;1-2-5-8-6-3-4-7-8;;;/h1-5,7-8H,9H2;3-4,6-7H,2,5H2,1H3;2*1H;/q2*-1;;;+4/p-2. The van der Waals surface area contributed by atoms with Crippen molar-refractivity contribution in [3.8, 4) is 11.1 Å². The Balaban J connectivity index is 0.000000429. The van der Waals surface area contributed by atoms with Crippen molar-refractivity contribution >= 4 is 0 Å². The molecule has 0 radical (unpaired) electrons. The van der Waals surface area contributed by atoms with Crippen molar-refractivity contribution in [2.75, 3.05) is 0 Å². The van der Waals surface area contributed by atoms with Crippen molar-refractivity contribution in [3.63, 3.8) is 0 Å². The molecule has 122 valence electrons. The normalized spacial score (nSPS) is 9.88. The quantitative estimate of drug-likeness (QED) is 0.317. The summed E-state index contributed by atoms with van der Waals surface area (Å²) in [5.74, 6) is 0. The summed E-state index contributed by atoms with van der Waals surface area (Å²) >= 11 is 0. The zero-order valence-corrected chi connectivity index (χ0v) is 16.8. The topological polar surface area (TPSA) is 0 Å².